The van der Waals surface area contributed by atoms with Crippen LogP contribution in [0.15, 0.2) is 45.4 Å². The Bertz CT molecular complexity index is 1050. The highest BCUT2D eigenvalue weighted by atomic mass is 32.2. The Hall–Kier alpha value is -2.27. The normalized spacial score (nSPS) is 16.0. The number of nitrogens with one attached hydrogen (secondary N) is 1. The lowest BCUT2D eigenvalue weighted by Gasteiger charge is -2.24. The van der Waals surface area contributed by atoms with Gasteiger partial charge in [-0.3, -0.25) is 4.79 Å². The predicted molar refractivity (Wildman–Crippen MR) is 95.9 cm³/mol. The molecule has 2 aromatic heterocycles. The van der Waals surface area contributed by atoms with E-state index in [9.17, 15) is 13.2 Å². The van der Waals surface area contributed by atoms with Crippen molar-refractivity contribution in [2.75, 3.05) is 31.6 Å². The van der Waals surface area contributed by atoms with Gasteiger partial charge < -0.3 is 14.5 Å². The molecule has 26 heavy (non-hydrogen) atoms. The van der Waals surface area contributed by atoms with Gasteiger partial charge in [0.05, 0.1) is 28.9 Å². The Morgan fingerprint density at radius 2 is 2.00 bits per heavy atom. The summed E-state index contributed by atoms with van der Waals surface area (Å²) in [4.78, 5) is 16.6. The van der Waals surface area contributed by atoms with Gasteiger partial charge in [-0.25, -0.2) is 13.4 Å². The van der Waals surface area contributed by atoms with Gasteiger partial charge in [0.1, 0.15) is 0 Å². The summed E-state index contributed by atoms with van der Waals surface area (Å²) >= 11 is 1.51. The molecule has 4 rings (SSSR count). The molecule has 1 aliphatic heterocycles. The standard InChI is InChI=1S/C16H15N3O5S2/c20-16(18-11-1-3-14-12(9-11)17-10-25-14)13-2-4-15(24-13)26(21,22)19-5-7-23-8-6-19/h1-4,9-10H,5-8H2,(H,18,20). The summed E-state index contributed by atoms with van der Waals surface area (Å²) in [5.74, 6) is -0.599. The van der Waals surface area contributed by atoms with Crippen molar-refractivity contribution in [2.45, 2.75) is 5.09 Å². The van der Waals surface area contributed by atoms with E-state index in [1.54, 1.807) is 17.6 Å². The molecule has 0 atom stereocenters. The maximum atomic E-state index is 12.5. The number of aromatic nitrogens is 1. The van der Waals surface area contributed by atoms with Gasteiger partial charge in [0, 0.05) is 18.8 Å². The highest BCUT2D eigenvalue weighted by Crippen LogP contribution is 2.23. The van der Waals surface area contributed by atoms with Gasteiger partial charge in [0.25, 0.3) is 15.9 Å². The van der Waals surface area contributed by atoms with E-state index in [-0.39, 0.29) is 23.9 Å². The van der Waals surface area contributed by atoms with Crippen LogP contribution >= 0.6 is 11.3 Å². The van der Waals surface area contributed by atoms with Crippen LogP contribution in [0, 0.1) is 0 Å². The SMILES string of the molecule is O=C(Nc1ccc2scnc2c1)c1ccc(S(=O)(=O)N2CCOCC2)o1. The first-order valence-corrected chi connectivity index (χ1v) is 10.2. The summed E-state index contributed by atoms with van der Waals surface area (Å²) in [7, 11) is -3.77. The third-order valence-corrected chi connectivity index (χ3v) is 6.54. The average molecular weight is 393 g/mol. The Morgan fingerprint density at radius 3 is 2.81 bits per heavy atom. The summed E-state index contributed by atoms with van der Waals surface area (Å²) in [5, 5.41) is 2.44. The molecule has 0 radical (unpaired) electrons. The number of nitrogens with zero attached hydrogens (tertiary/aromatic N) is 2. The third kappa shape index (κ3) is 3.23. The van der Waals surface area contributed by atoms with Crippen molar-refractivity contribution < 1.29 is 22.4 Å². The molecular weight excluding hydrogens is 378 g/mol. The number of benzene rings is 1. The van der Waals surface area contributed by atoms with Gasteiger partial charge in [-0.05, 0) is 30.3 Å². The van der Waals surface area contributed by atoms with Gasteiger partial charge in [-0.2, -0.15) is 4.31 Å². The molecule has 1 saturated heterocycles. The third-order valence-electron chi connectivity index (χ3n) is 3.96. The highest BCUT2D eigenvalue weighted by molar-refractivity contribution is 7.89. The number of carbonyl (C=O) groups excluding carboxylic acids is 1. The topological polar surface area (TPSA) is 102 Å². The second kappa shape index (κ2) is 6.80. The number of hydrogen-bond acceptors (Lipinski definition) is 7. The second-order valence-corrected chi connectivity index (χ2v) is 8.38. The van der Waals surface area contributed by atoms with E-state index in [2.05, 4.69) is 10.3 Å². The number of sulfonamides is 1. The van der Waals surface area contributed by atoms with E-state index in [0.29, 0.717) is 18.9 Å². The quantitative estimate of drug-likeness (QED) is 0.729. The van der Waals surface area contributed by atoms with Crippen LogP contribution in [0.1, 0.15) is 10.6 Å². The lowest BCUT2D eigenvalue weighted by atomic mass is 10.3. The summed E-state index contributed by atoms with van der Waals surface area (Å²) < 4.78 is 37.8. The summed E-state index contributed by atoms with van der Waals surface area (Å²) in [6, 6.07) is 8.01. The number of rotatable bonds is 4. The van der Waals surface area contributed by atoms with Gasteiger partial charge in [0.15, 0.2) is 5.76 Å². The Kier molecular flexibility index (Phi) is 4.49. The van der Waals surface area contributed by atoms with Gasteiger partial charge in [-0.15, -0.1) is 11.3 Å². The summed E-state index contributed by atoms with van der Waals surface area (Å²) in [6.07, 6.45) is 0. The van der Waals surface area contributed by atoms with Crippen LogP contribution in [0.4, 0.5) is 5.69 Å². The molecule has 8 nitrogen and oxygen atoms in total. The minimum absolute atomic E-state index is 0.0739. The number of amides is 1. The molecular formula is C16H15N3O5S2. The molecule has 0 unspecified atom stereocenters. The molecule has 0 spiro atoms. The van der Waals surface area contributed by atoms with Crippen molar-refractivity contribution >= 4 is 43.2 Å². The fourth-order valence-electron chi connectivity index (χ4n) is 2.62. The number of ether oxygens (including phenoxy) is 1. The van der Waals surface area contributed by atoms with Gasteiger partial charge >= 0.3 is 0 Å². The van der Waals surface area contributed by atoms with Crippen LogP contribution in [0.25, 0.3) is 10.2 Å². The zero-order chi connectivity index (χ0) is 18.1. The van der Waals surface area contributed by atoms with Crippen LogP contribution in [0.3, 0.4) is 0 Å². The van der Waals surface area contributed by atoms with E-state index in [1.165, 1.54) is 27.8 Å². The zero-order valence-corrected chi connectivity index (χ0v) is 15.2. The second-order valence-electron chi connectivity index (χ2n) is 5.62. The number of morpholine rings is 1. The van der Waals surface area contributed by atoms with E-state index in [4.69, 9.17) is 9.15 Å². The van der Waals surface area contributed by atoms with E-state index >= 15 is 0 Å². The first-order chi connectivity index (χ1) is 12.5. The van der Waals surface area contributed by atoms with Crippen LogP contribution in [0.2, 0.25) is 0 Å². The Labute approximate surface area is 153 Å². The summed E-state index contributed by atoms with van der Waals surface area (Å²) in [6.45, 7) is 1.20. The fraction of sp³-hybridized carbons (Fsp3) is 0.250. The van der Waals surface area contributed by atoms with Crippen molar-refractivity contribution in [1.82, 2.24) is 9.29 Å². The van der Waals surface area contributed by atoms with Crippen LogP contribution < -0.4 is 5.32 Å². The van der Waals surface area contributed by atoms with Crippen molar-refractivity contribution in [2.24, 2.45) is 0 Å². The number of hydrogen-bond donors (Lipinski definition) is 1. The average Bonchev–Trinajstić information content (AvgIpc) is 3.32. The van der Waals surface area contributed by atoms with Crippen LogP contribution in [-0.2, 0) is 14.8 Å². The molecule has 1 aromatic carbocycles. The minimum atomic E-state index is -3.77. The van der Waals surface area contributed by atoms with E-state index in [0.717, 1.165) is 10.2 Å². The maximum Gasteiger partial charge on any atom is 0.291 e. The lowest BCUT2D eigenvalue weighted by molar-refractivity contribution is 0.0723. The molecule has 0 saturated carbocycles. The molecule has 0 bridgehead atoms. The number of anilines is 1. The van der Waals surface area contributed by atoms with Gasteiger partial charge in [0.2, 0.25) is 5.09 Å². The first kappa shape index (κ1) is 17.2. The lowest BCUT2D eigenvalue weighted by Crippen LogP contribution is -2.40. The molecule has 1 amide bonds. The van der Waals surface area contributed by atoms with Crippen LogP contribution in [-0.4, -0.2) is 49.9 Å². The smallest absolute Gasteiger partial charge is 0.291 e. The van der Waals surface area contributed by atoms with E-state index < -0.39 is 15.9 Å². The number of furan rings is 1. The maximum absolute atomic E-state index is 12.5. The van der Waals surface area contributed by atoms with Gasteiger partial charge in [-0.1, -0.05) is 0 Å². The predicted octanol–water partition coefficient (Wildman–Crippen LogP) is 2.16. The first-order valence-electron chi connectivity index (χ1n) is 7.86. The van der Waals surface area contributed by atoms with Crippen molar-refractivity contribution in [3.63, 3.8) is 0 Å². The molecule has 0 aliphatic carbocycles. The van der Waals surface area contributed by atoms with E-state index in [1.807, 2.05) is 6.07 Å². The molecule has 1 N–H and O–H groups in total. The van der Waals surface area contributed by atoms with Crippen LogP contribution in [0.5, 0.6) is 0 Å². The number of fused-ring (bicyclic) bond motifs is 1. The molecule has 3 aromatic rings. The molecule has 1 fully saturated rings. The largest absolute Gasteiger partial charge is 0.438 e. The number of carbonyl (C=O) groups is 1. The highest BCUT2D eigenvalue weighted by Gasteiger charge is 2.30. The molecule has 3 heterocycles. The fourth-order valence-corrected chi connectivity index (χ4v) is 4.60. The number of thiazole rings is 1. The summed E-state index contributed by atoms with van der Waals surface area (Å²) in [5.41, 5.74) is 3.07. The van der Waals surface area contributed by atoms with Crippen molar-refractivity contribution in [3.05, 3.63) is 41.6 Å². The van der Waals surface area contributed by atoms with Crippen molar-refractivity contribution in [1.29, 1.82) is 0 Å². The molecule has 1 aliphatic rings. The zero-order valence-electron chi connectivity index (χ0n) is 13.5. The monoisotopic (exact) mass is 393 g/mol. The Morgan fingerprint density at radius 1 is 1.19 bits per heavy atom. The Balaban J connectivity index is 1.52. The molecule has 10 heteroatoms. The van der Waals surface area contributed by atoms with Crippen molar-refractivity contribution in [3.8, 4) is 0 Å². The molecule has 136 valence electrons. The minimum Gasteiger partial charge on any atom is -0.438 e.